The lowest BCUT2D eigenvalue weighted by atomic mass is 10.2. The van der Waals surface area contributed by atoms with Gasteiger partial charge in [-0.25, -0.2) is 0 Å². The third-order valence-electron chi connectivity index (χ3n) is 4.37. The van der Waals surface area contributed by atoms with E-state index in [1.54, 1.807) is 11.0 Å². The second-order valence-electron chi connectivity index (χ2n) is 6.06. The van der Waals surface area contributed by atoms with Crippen molar-refractivity contribution in [3.05, 3.63) is 59.4 Å². The summed E-state index contributed by atoms with van der Waals surface area (Å²) in [7, 11) is 0. The van der Waals surface area contributed by atoms with Crippen molar-refractivity contribution in [2.24, 2.45) is 0 Å². The lowest BCUT2D eigenvalue weighted by Gasteiger charge is -2.12. The molecule has 1 aliphatic rings. The molecule has 0 spiro atoms. The number of β-amino-alcohol motifs (C(OH)–C–C–N with tert-alkyl or cyclic N) is 1. The van der Waals surface area contributed by atoms with Gasteiger partial charge in [-0.1, -0.05) is 18.2 Å². The van der Waals surface area contributed by atoms with Crippen molar-refractivity contribution in [1.82, 2.24) is 9.47 Å². The Bertz CT molecular complexity index is 731. The van der Waals surface area contributed by atoms with Crippen molar-refractivity contribution in [1.29, 1.82) is 0 Å². The first-order valence-corrected chi connectivity index (χ1v) is 7.95. The molecule has 1 fully saturated rings. The highest BCUT2D eigenvalue weighted by atomic mass is 16.3. The van der Waals surface area contributed by atoms with Crippen LogP contribution in [-0.4, -0.2) is 39.7 Å². The van der Waals surface area contributed by atoms with E-state index in [9.17, 15) is 9.90 Å². The summed E-state index contributed by atoms with van der Waals surface area (Å²) in [6, 6.07) is 12.3. The molecule has 23 heavy (non-hydrogen) atoms. The van der Waals surface area contributed by atoms with E-state index in [2.05, 4.69) is 36.6 Å². The van der Waals surface area contributed by atoms with Gasteiger partial charge in [-0.15, -0.1) is 0 Å². The summed E-state index contributed by atoms with van der Waals surface area (Å²) in [6.07, 6.45) is 3.77. The van der Waals surface area contributed by atoms with Crippen LogP contribution in [0.2, 0.25) is 0 Å². The van der Waals surface area contributed by atoms with E-state index < -0.39 is 0 Å². The number of nitrogens with zero attached hydrogens (tertiary/aromatic N) is 2. The Hall–Kier alpha value is -2.33. The third-order valence-corrected chi connectivity index (χ3v) is 4.37. The molecule has 4 nitrogen and oxygen atoms in total. The summed E-state index contributed by atoms with van der Waals surface area (Å²) >= 11 is 0. The SMILES string of the molecule is Cc1cc(/C=C/C(=O)N2CC[C@@H](O)C2)c(C)n1-c1ccccc1. The van der Waals surface area contributed by atoms with Crippen LogP contribution in [-0.2, 0) is 4.79 Å². The third kappa shape index (κ3) is 3.22. The largest absolute Gasteiger partial charge is 0.391 e. The number of carbonyl (C=O) groups is 1. The normalized spacial score (nSPS) is 18.0. The van der Waals surface area contributed by atoms with E-state index in [0.717, 1.165) is 22.6 Å². The van der Waals surface area contributed by atoms with Crippen LogP contribution in [0.5, 0.6) is 0 Å². The molecule has 0 aliphatic carbocycles. The summed E-state index contributed by atoms with van der Waals surface area (Å²) in [4.78, 5) is 13.9. The van der Waals surface area contributed by atoms with Crippen LogP contribution in [0.4, 0.5) is 0 Å². The number of amides is 1. The molecule has 1 aromatic carbocycles. The zero-order chi connectivity index (χ0) is 16.4. The van der Waals surface area contributed by atoms with Crippen LogP contribution in [0.25, 0.3) is 11.8 Å². The molecule has 120 valence electrons. The fourth-order valence-electron chi connectivity index (χ4n) is 3.14. The fraction of sp³-hybridized carbons (Fsp3) is 0.316. The number of para-hydroxylation sites is 1. The maximum atomic E-state index is 12.2. The van der Waals surface area contributed by atoms with E-state index in [-0.39, 0.29) is 12.0 Å². The molecular formula is C19H22N2O2. The van der Waals surface area contributed by atoms with Crippen molar-refractivity contribution < 1.29 is 9.90 Å². The minimum Gasteiger partial charge on any atom is -0.391 e. The van der Waals surface area contributed by atoms with Gasteiger partial charge in [-0.3, -0.25) is 4.79 Å². The highest BCUT2D eigenvalue weighted by Crippen LogP contribution is 2.22. The zero-order valence-electron chi connectivity index (χ0n) is 13.6. The molecular weight excluding hydrogens is 288 g/mol. The number of rotatable bonds is 3. The standard InChI is InChI=1S/C19H22N2O2/c1-14-12-16(8-9-19(23)20-11-10-18(22)13-20)15(2)21(14)17-6-4-3-5-7-17/h3-9,12,18,22H,10-11,13H2,1-2H3/b9-8+/t18-/m1/s1. The molecule has 0 unspecified atom stereocenters. The van der Waals surface area contributed by atoms with Gasteiger partial charge in [0.05, 0.1) is 6.10 Å². The molecule has 3 rings (SSSR count). The Labute approximate surface area is 136 Å². The van der Waals surface area contributed by atoms with E-state index >= 15 is 0 Å². The van der Waals surface area contributed by atoms with Gasteiger partial charge in [0, 0.05) is 36.2 Å². The first-order valence-electron chi connectivity index (χ1n) is 7.95. The van der Waals surface area contributed by atoms with Gasteiger partial charge in [0.25, 0.3) is 0 Å². The van der Waals surface area contributed by atoms with Crippen molar-refractivity contribution in [3.63, 3.8) is 0 Å². The monoisotopic (exact) mass is 310 g/mol. The maximum Gasteiger partial charge on any atom is 0.246 e. The Morgan fingerprint density at radius 1 is 1.26 bits per heavy atom. The summed E-state index contributed by atoms with van der Waals surface area (Å²) in [6.45, 7) is 5.19. The van der Waals surface area contributed by atoms with Crippen molar-refractivity contribution >= 4 is 12.0 Å². The van der Waals surface area contributed by atoms with Gasteiger partial charge < -0.3 is 14.6 Å². The Balaban J connectivity index is 1.82. The number of hydrogen-bond acceptors (Lipinski definition) is 2. The van der Waals surface area contributed by atoms with E-state index in [1.165, 1.54) is 0 Å². The minimum atomic E-state index is -0.379. The average molecular weight is 310 g/mol. The van der Waals surface area contributed by atoms with E-state index in [0.29, 0.717) is 19.5 Å². The number of aliphatic hydroxyl groups excluding tert-OH is 1. The van der Waals surface area contributed by atoms with Crippen LogP contribution < -0.4 is 0 Å². The summed E-state index contributed by atoms with van der Waals surface area (Å²) in [5, 5.41) is 9.52. The Morgan fingerprint density at radius 2 is 2.00 bits per heavy atom. The molecule has 0 saturated carbocycles. The number of aliphatic hydroxyl groups is 1. The topological polar surface area (TPSA) is 45.5 Å². The first kappa shape index (κ1) is 15.6. The zero-order valence-corrected chi connectivity index (χ0v) is 13.6. The smallest absolute Gasteiger partial charge is 0.246 e. The molecule has 4 heteroatoms. The van der Waals surface area contributed by atoms with Crippen molar-refractivity contribution in [3.8, 4) is 5.69 Å². The summed E-state index contributed by atoms with van der Waals surface area (Å²) < 4.78 is 2.18. The van der Waals surface area contributed by atoms with Gasteiger partial charge >= 0.3 is 0 Å². The van der Waals surface area contributed by atoms with E-state index in [1.807, 2.05) is 24.3 Å². The predicted octanol–water partition coefficient (Wildman–Crippen LogP) is 2.70. The minimum absolute atomic E-state index is 0.0361. The maximum absolute atomic E-state index is 12.2. The van der Waals surface area contributed by atoms with Gasteiger partial charge in [0.1, 0.15) is 0 Å². The van der Waals surface area contributed by atoms with Crippen LogP contribution >= 0.6 is 0 Å². The Morgan fingerprint density at radius 3 is 2.65 bits per heavy atom. The predicted molar refractivity (Wildman–Crippen MR) is 91.5 cm³/mol. The molecule has 0 bridgehead atoms. The van der Waals surface area contributed by atoms with E-state index in [4.69, 9.17) is 0 Å². The van der Waals surface area contributed by atoms with Gasteiger partial charge in [0.2, 0.25) is 5.91 Å². The van der Waals surface area contributed by atoms with Crippen LogP contribution in [0, 0.1) is 13.8 Å². The van der Waals surface area contributed by atoms with Crippen LogP contribution in [0.3, 0.4) is 0 Å². The number of hydrogen-bond donors (Lipinski definition) is 1. The van der Waals surface area contributed by atoms with Crippen molar-refractivity contribution in [2.45, 2.75) is 26.4 Å². The lowest BCUT2D eigenvalue weighted by Crippen LogP contribution is -2.27. The number of likely N-dealkylation sites (tertiary alicyclic amines) is 1. The highest BCUT2D eigenvalue weighted by molar-refractivity contribution is 5.92. The molecule has 1 aromatic heterocycles. The number of aromatic nitrogens is 1. The molecule has 1 saturated heterocycles. The molecule has 1 atom stereocenters. The summed E-state index contributed by atoms with van der Waals surface area (Å²) in [5.74, 6) is -0.0361. The molecule has 0 radical (unpaired) electrons. The molecule has 2 heterocycles. The number of benzene rings is 1. The van der Waals surface area contributed by atoms with Gasteiger partial charge in [0.15, 0.2) is 0 Å². The molecule has 2 aromatic rings. The number of carbonyl (C=O) groups excluding carboxylic acids is 1. The van der Waals surface area contributed by atoms with Gasteiger partial charge in [-0.05, 0) is 50.1 Å². The second-order valence-corrected chi connectivity index (χ2v) is 6.06. The molecule has 1 N–H and O–H groups in total. The van der Waals surface area contributed by atoms with Crippen LogP contribution in [0.1, 0.15) is 23.4 Å². The van der Waals surface area contributed by atoms with Crippen LogP contribution in [0.15, 0.2) is 42.5 Å². The highest BCUT2D eigenvalue weighted by Gasteiger charge is 2.22. The molecule has 1 aliphatic heterocycles. The van der Waals surface area contributed by atoms with Gasteiger partial charge in [-0.2, -0.15) is 0 Å². The Kier molecular flexibility index (Phi) is 4.35. The quantitative estimate of drug-likeness (QED) is 0.886. The first-order chi connectivity index (χ1) is 11.1. The molecule has 1 amide bonds. The fourth-order valence-corrected chi connectivity index (χ4v) is 3.14. The average Bonchev–Trinajstić information content (AvgIpc) is 3.09. The second kappa shape index (κ2) is 6.42. The summed E-state index contributed by atoms with van der Waals surface area (Å²) in [5.41, 5.74) is 4.41. The number of aryl methyl sites for hydroxylation is 1. The van der Waals surface area contributed by atoms with Crippen molar-refractivity contribution in [2.75, 3.05) is 13.1 Å². The lowest BCUT2D eigenvalue weighted by molar-refractivity contribution is -0.125.